The first kappa shape index (κ1) is 13.2. The molecule has 1 saturated carbocycles. The van der Waals surface area contributed by atoms with Gasteiger partial charge in [-0.2, -0.15) is 0 Å². The van der Waals surface area contributed by atoms with Crippen molar-refractivity contribution in [3.8, 4) is 0 Å². The number of ether oxygens (including phenoxy) is 1. The predicted molar refractivity (Wildman–Crippen MR) is 80.0 cm³/mol. The van der Waals surface area contributed by atoms with Gasteiger partial charge in [-0.25, -0.2) is 0 Å². The van der Waals surface area contributed by atoms with Gasteiger partial charge in [0.05, 0.1) is 12.1 Å². The second-order valence-electron chi connectivity index (χ2n) is 6.92. The molecule has 0 amide bonds. The van der Waals surface area contributed by atoms with Crippen molar-refractivity contribution in [2.75, 3.05) is 6.61 Å². The first-order valence-corrected chi connectivity index (χ1v) is 7.76. The summed E-state index contributed by atoms with van der Waals surface area (Å²) in [4.78, 5) is 0. The molecule has 3 heterocycles. The SMILES string of the molecule is CC(NC1C2CCOC2C1(C)C)c1nnc2ccccn12. The number of fused-ring (bicyclic) bond motifs is 2. The van der Waals surface area contributed by atoms with Gasteiger partial charge in [-0.15, -0.1) is 10.2 Å². The zero-order valence-corrected chi connectivity index (χ0v) is 12.8. The summed E-state index contributed by atoms with van der Waals surface area (Å²) in [6.07, 6.45) is 3.60. The minimum absolute atomic E-state index is 0.174. The molecule has 21 heavy (non-hydrogen) atoms. The van der Waals surface area contributed by atoms with Crippen LogP contribution in [0.1, 0.15) is 39.1 Å². The van der Waals surface area contributed by atoms with E-state index in [2.05, 4.69) is 40.7 Å². The normalized spacial score (nSPS) is 31.9. The number of rotatable bonds is 3. The fourth-order valence-corrected chi connectivity index (χ4v) is 4.16. The minimum Gasteiger partial charge on any atom is -0.377 e. The monoisotopic (exact) mass is 286 g/mol. The van der Waals surface area contributed by atoms with E-state index in [1.54, 1.807) is 0 Å². The average molecular weight is 286 g/mol. The van der Waals surface area contributed by atoms with Crippen molar-refractivity contribution in [3.63, 3.8) is 0 Å². The quantitative estimate of drug-likeness (QED) is 0.940. The third kappa shape index (κ3) is 1.84. The first-order valence-electron chi connectivity index (χ1n) is 7.76. The van der Waals surface area contributed by atoms with E-state index in [-0.39, 0.29) is 11.5 Å². The van der Waals surface area contributed by atoms with Gasteiger partial charge in [-0.05, 0) is 25.5 Å². The second kappa shape index (κ2) is 4.52. The van der Waals surface area contributed by atoms with Gasteiger partial charge in [0.15, 0.2) is 11.5 Å². The van der Waals surface area contributed by atoms with Crippen LogP contribution in [0.2, 0.25) is 0 Å². The van der Waals surface area contributed by atoms with Gasteiger partial charge >= 0.3 is 0 Å². The topological polar surface area (TPSA) is 51.5 Å². The molecule has 1 N–H and O–H groups in total. The molecular weight excluding hydrogens is 264 g/mol. The van der Waals surface area contributed by atoms with Gasteiger partial charge in [-0.3, -0.25) is 4.40 Å². The van der Waals surface area contributed by atoms with E-state index in [4.69, 9.17) is 4.74 Å². The van der Waals surface area contributed by atoms with Gasteiger partial charge < -0.3 is 10.1 Å². The molecule has 1 aliphatic heterocycles. The second-order valence-corrected chi connectivity index (χ2v) is 6.92. The van der Waals surface area contributed by atoms with Gasteiger partial charge in [-0.1, -0.05) is 19.9 Å². The third-order valence-corrected chi connectivity index (χ3v) is 5.26. The molecule has 0 bridgehead atoms. The summed E-state index contributed by atoms with van der Waals surface area (Å²) in [6.45, 7) is 7.67. The highest BCUT2D eigenvalue weighted by atomic mass is 16.5. The number of aromatic nitrogens is 3. The Bertz CT molecular complexity index is 665. The highest BCUT2D eigenvalue weighted by Gasteiger charge is 2.59. The van der Waals surface area contributed by atoms with Crippen LogP contribution >= 0.6 is 0 Å². The Morgan fingerprint density at radius 1 is 1.38 bits per heavy atom. The van der Waals surface area contributed by atoms with Crippen LogP contribution < -0.4 is 5.32 Å². The van der Waals surface area contributed by atoms with Crippen LogP contribution in [0, 0.1) is 11.3 Å². The zero-order valence-electron chi connectivity index (χ0n) is 12.8. The maximum absolute atomic E-state index is 5.87. The van der Waals surface area contributed by atoms with Crippen molar-refractivity contribution in [3.05, 3.63) is 30.2 Å². The van der Waals surface area contributed by atoms with Crippen LogP contribution in [0.25, 0.3) is 5.65 Å². The molecule has 0 aromatic carbocycles. The van der Waals surface area contributed by atoms with Crippen LogP contribution in [0.4, 0.5) is 0 Å². The lowest BCUT2D eigenvalue weighted by molar-refractivity contribution is -0.115. The van der Waals surface area contributed by atoms with Gasteiger partial charge in [0.25, 0.3) is 0 Å². The first-order chi connectivity index (χ1) is 10.1. The molecule has 1 aliphatic carbocycles. The molecule has 0 radical (unpaired) electrons. The lowest BCUT2D eigenvalue weighted by atomic mass is 9.57. The zero-order chi connectivity index (χ0) is 14.6. The molecule has 2 fully saturated rings. The predicted octanol–water partition coefficient (Wildman–Crippen LogP) is 2.19. The molecule has 4 rings (SSSR count). The Kier molecular flexibility index (Phi) is 2.84. The fraction of sp³-hybridized carbons (Fsp3) is 0.625. The standard InChI is InChI=1S/C16H22N4O/c1-10(15-19-18-12-6-4-5-8-20(12)15)17-13-11-7-9-21-14(11)16(13,2)3/h4-6,8,10-11,13-14,17H,7,9H2,1-3H3. The van der Waals surface area contributed by atoms with Gasteiger partial charge in [0.1, 0.15) is 0 Å². The van der Waals surface area contributed by atoms with Crippen LogP contribution in [-0.4, -0.2) is 33.4 Å². The number of nitrogens with one attached hydrogen (secondary N) is 1. The molecule has 4 unspecified atom stereocenters. The molecule has 5 heteroatoms. The van der Waals surface area contributed by atoms with E-state index >= 15 is 0 Å². The number of hydrogen-bond acceptors (Lipinski definition) is 4. The summed E-state index contributed by atoms with van der Waals surface area (Å²) in [6, 6.07) is 6.64. The Balaban J connectivity index is 1.57. The number of pyridine rings is 1. The van der Waals surface area contributed by atoms with Crippen LogP contribution in [-0.2, 0) is 4.74 Å². The summed E-state index contributed by atoms with van der Waals surface area (Å²) in [5, 5.41) is 12.4. The van der Waals surface area contributed by atoms with E-state index < -0.39 is 0 Å². The maximum atomic E-state index is 5.87. The maximum Gasteiger partial charge on any atom is 0.160 e. The molecule has 112 valence electrons. The van der Waals surface area contributed by atoms with E-state index in [0.717, 1.165) is 18.1 Å². The van der Waals surface area contributed by atoms with Crippen molar-refractivity contribution in [1.82, 2.24) is 19.9 Å². The summed E-state index contributed by atoms with van der Waals surface area (Å²) in [5.74, 6) is 1.62. The van der Waals surface area contributed by atoms with E-state index in [1.165, 1.54) is 6.42 Å². The minimum atomic E-state index is 0.174. The molecule has 2 aromatic heterocycles. The fourth-order valence-electron chi connectivity index (χ4n) is 4.16. The van der Waals surface area contributed by atoms with Crippen LogP contribution in [0.15, 0.2) is 24.4 Å². The number of nitrogens with zero attached hydrogens (tertiary/aromatic N) is 3. The summed E-state index contributed by atoms with van der Waals surface area (Å²) < 4.78 is 7.93. The summed E-state index contributed by atoms with van der Waals surface area (Å²) >= 11 is 0. The van der Waals surface area contributed by atoms with Crippen molar-refractivity contribution in [2.24, 2.45) is 11.3 Å². The van der Waals surface area contributed by atoms with E-state index in [9.17, 15) is 0 Å². The van der Waals surface area contributed by atoms with Gasteiger partial charge in [0.2, 0.25) is 0 Å². The molecular formula is C16H22N4O. The lowest BCUT2D eigenvalue weighted by Gasteiger charge is -2.55. The van der Waals surface area contributed by atoms with Crippen molar-refractivity contribution >= 4 is 5.65 Å². The Hall–Kier alpha value is -1.46. The molecule has 5 nitrogen and oxygen atoms in total. The van der Waals surface area contributed by atoms with Crippen molar-refractivity contribution in [1.29, 1.82) is 0 Å². The Labute approximate surface area is 124 Å². The average Bonchev–Trinajstić information content (AvgIpc) is 3.10. The molecule has 2 aromatic rings. The van der Waals surface area contributed by atoms with Gasteiger partial charge in [0, 0.05) is 30.2 Å². The largest absolute Gasteiger partial charge is 0.377 e. The number of hydrogen-bond donors (Lipinski definition) is 1. The molecule has 4 atom stereocenters. The van der Waals surface area contributed by atoms with Crippen molar-refractivity contribution in [2.45, 2.75) is 45.4 Å². The highest BCUT2D eigenvalue weighted by Crippen LogP contribution is 2.52. The summed E-state index contributed by atoms with van der Waals surface area (Å²) in [7, 11) is 0. The van der Waals surface area contributed by atoms with Crippen LogP contribution in [0.3, 0.4) is 0 Å². The molecule has 2 aliphatic rings. The third-order valence-electron chi connectivity index (χ3n) is 5.26. The van der Waals surface area contributed by atoms with Crippen LogP contribution in [0.5, 0.6) is 0 Å². The van der Waals surface area contributed by atoms with Crippen molar-refractivity contribution < 1.29 is 4.74 Å². The molecule has 1 saturated heterocycles. The Morgan fingerprint density at radius 2 is 2.24 bits per heavy atom. The lowest BCUT2D eigenvalue weighted by Crippen LogP contribution is -2.66. The summed E-state index contributed by atoms with van der Waals surface area (Å²) in [5.41, 5.74) is 1.09. The molecule has 0 spiro atoms. The smallest absolute Gasteiger partial charge is 0.160 e. The Morgan fingerprint density at radius 3 is 3.10 bits per heavy atom. The van der Waals surface area contributed by atoms with E-state index in [0.29, 0.717) is 18.1 Å². The van der Waals surface area contributed by atoms with E-state index in [1.807, 2.05) is 24.4 Å². The highest BCUT2D eigenvalue weighted by molar-refractivity contribution is 5.37.